The number of pyridine rings is 1. The van der Waals surface area contributed by atoms with Crippen molar-refractivity contribution < 1.29 is 9.53 Å². The Morgan fingerprint density at radius 2 is 1.87 bits per heavy atom. The van der Waals surface area contributed by atoms with Gasteiger partial charge in [-0.3, -0.25) is 4.90 Å². The van der Waals surface area contributed by atoms with Crippen LogP contribution in [0, 0.1) is 11.8 Å². The highest BCUT2D eigenvalue weighted by molar-refractivity contribution is 7.17. The first kappa shape index (κ1) is 22.3. The summed E-state index contributed by atoms with van der Waals surface area (Å²) in [6.07, 6.45) is 8.55. The number of ether oxygens (including phenoxy) is 1. The van der Waals surface area contributed by atoms with Gasteiger partial charge in [0.05, 0.1) is 0 Å². The maximum atomic E-state index is 11.1. The van der Waals surface area contributed by atoms with E-state index in [4.69, 9.17) is 10.5 Å². The van der Waals surface area contributed by atoms with Crippen LogP contribution in [0.1, 0.15) is 52.4 Å². The van der Waals surface area contributed by atoms with Crippen LogP contribution in [0.25, 0.3) is 10.1 Å². The summed E-state index contributed by atoms with van der Waals surface area (Å²) in [6, 6.07) is 4.31. The largest absolute Gasteiger partial charge is 0.444 e. The molecule has 2 aliphatic rings. The fraction of sp³-hybridized carbons (Fsp3) is 0.667. The number of thiophene rings is 1. The van der Waals surface area contributed by atoms with Crippen molar-refractivity contribution in [2.75, 3.05) is 37.6 Å². The van der Waals surface area contributed by atoms with Crippen molar-refractivity contribution >= 4 is 33.3 Å². The van der Waals surface area contributed by atoms with Gasteiger partial charge < -0.3 is 15.4 Å². The van der Waals surface area contributed by atoms with Crippen molar-refractivity contribution in [3.63, 3.8) is 0 Å². The molecule has 170 valence electrons. The molecule has 2 aromatic rings. The number of hydrogen-bond acceptors (Lipinski definition) is 6. The van der Waals surface area contributed by atoms with Crippen LogP contribution < -0.4 is 10.6 Å². The van der Waals surface area contributed by atoms with E-state index in [0.29, 0.717) is 5.92 Å². The molecule has 0 aromatic carbocycles. The lowest BCUT2D eigenvalue weighted by molar-refractivity contribution is 0.0193. The Hall–Kier alpha value is -1.86. The highest BCUT2D eigenvalue weighted by Crippen LogP contribution is 2.36. The summed E-state index contributed by atoms with van der Waals surface area (Å²) in [5.74, 6) is 2.62. The molecule has 1 aliphatic carbocycles. The van der Waals surface area contributed by atoms with Gasteiger partial charge >= 0.3 is 6.09 Å². The first-order valence-corrected chi connectivity index (χ1v) is 12.6. The topological polar surface area (TPSA) is 71.7 Å². The Balaban J connectivity index is 1.17. The standard InChI is InChI=1S/C24H36N4O2S/c1-24(2,30-23(25)29)17-19-5-3-18(4-6-19)8-11-27-12-14-28(15-13-27)22-20-9-16-31-21(20)7-10-26-22/h7,9-10,16,18-19H,3-6,8,11-15,17H2,1-2H3,(H2,25,29)/t18-,19-. The van der Waals surface area contributed by atoms with Crippen molar-refractivity contribution in [1.29, 1.82) is 0 Å². The van der Waals surface area contributed by atoms with Gasteiger partial charge in [-0.05, 0) is 62.6 Å². The van der Waals surface area contributed by atoms with Crippen LogP contribution in [0.5, 0.6) is 0 Å². The van der Waals surface area contributed by atoms with Gasteiger partial charge in [-0.25, -0.2) is 9.78 Å². The highest BCUT2D eigenvalue weighted by atomic mass is 32.1. The zero-order chi connectivity index (χ0) is 21.8. The minimum Gasteiger partial charge on any atom is -0.444 e. The maximum absolute atomic E-state index is 11.1. The Labute approximate surface area is 189 Å². The first-order valence-electron chi connectivity index (χ1n) is 11.7. The van der Waals surface area contributed by atoms with E-state index >= 15 is 0 Å². The summed E-state index contributed by atoms with van der Waals surface area (Å²) >= 11 is 1.79. The SMILES string of the molecule is CC(C)(C[C@H]1CC[C@H](CCN2CCN(c3nccc4sccc34)CC2)CC1)OC(N)=O. The number of nitrogens with two attached hydrogens (primary N) is 1. The van der Waals surface area contributed by atoms with E-state index in [1.807, 2.05) is 20.0 Å². The molecule has 3 heterocycles. The van der Waals surface area contributed by atoms with E-state index in [1.165, 1.54) is 48.7 Å². The average molecular weight is 445 g/mol. The van der Waals surface area contributed by atoms with Crippen LogP contribution in [-0.4, -0.2) is 54.3 Å². The molecule has 2 aromatic heterocycles. The van der Waals surface area contributed by atoms with E-state index in [9.17, 15) is 4.79 Å². The minimum atomic E-state index is -0.665. The van der Waals surface area contributed by atoms with Gasteiger partial charge in [-0.15, -0.1) is 11.3 Å². The van der Waals surface area contributed by atoms with Gasteiger partial charge in [0.25, 0.3) is 0 Å². The van der Waals surface area contributed by atoms with Crippen molar-refractivity contribution in [1.82, 2.24) is 9.88 Å². The molecule has 7 heteroatoms. The average Bonchev–Trinajstić information content (AvgIpc) is 3.21. The molecule has 1 aliphatic heterocycles. The molecule has 1 amide bonds. The van der Waals surface area contributed by atoms with Gasteiger partial charge in [0, 0.05) is 42.5 Å². The number of anilines is 1. The monoisotopic (exact) mass is 444 g/mol. The predicted octanol–water partition coefficient (Wildman–Crippen LogP) is 4.88. The number of aromatic nitrogens is 1. The number of fused-ring (bicyclic) bond motifs is 1. The predicted molar refractivity (Wildman–Crippen MR) is 128 cm³/mol. The fourth-order valence-corrected chi connectivity index (χ4v) is 6.19. The number of primary amides is 1. The van der Waals surface area contributed by atoms with Crippen LogP contribution in [-0.2, 0) is 4.74 Å². The zero-order valence-electron chi connectivity index (χ0n) is 18.9. The van der Waals surface area contributed by atoms with Crippen LogP contribution in [0.3, 0.4) is 0 Å². The molecule has 0 unspecified atom stereocenters. The number of piperazine rings is 1. The minimum absolute atomic E-state index is 0.453. The lowest BCUT2D eigenvalue weighted by Gasteiger charge is -2.37. The fourth-order valence-electron chi connectivity index (χ4n) is 5.41. The Bertz CT molecular complexity index is 867. The molecular weight excluding hydrogens is 408 g/mol. The summed E-state index contributed by atoms with van der Waals surface area (Å²) in [5.41, 5.74) is 4.75. The molecule has 1 saturated carbocycles. The number of carbonyl (C=O) groups is 1. The van der Waals surface area contributed by atoms with Gasteiger partial charge in [-0.1, -0.05) is 25.7 Å². The molecule has 2 N–H and O–H groups in total. The number of hydrogen-bond donors (Lipinski definition) is 1. The number of rotatable bonds is 7. The molecular formula is C24H36N4O2S. The Kier molecular flexibility index (Phi) is 7.02. The van der Waals surface area contributed by atoms with Gasteiger partial charge in [-0.2, -0.15) is 0 Å². The molecule has 0 bridgehead atoms. The molecule has 6 nitrogen and oxygen atoms in total. The third-order valence-corrected chi connectivity index (χ3v) is 7.89. The quantitative estimate of drug-likeness (QED) is 0.659. The van der Waals surface area contributed by atoms with Crippen LogP contribution in [0.15, 0.2) is 23.7 Å². The van der Waals surface area contributed by atoms with Crippen molar-refractivity contribution in [2.24, 2.45) is 17.6 Å². The van der Waals surface area contributed by atoms with Gasteiger partial charge in [0.15, 0.2) is 0 Å². The number of carbonyl (C=O) groups excluding carboxylic acids is 1. The zero-order valence-corrected chi connectivity index (χ0v) is 19.7. The van der Waals surface area contributed by atoms with Crippen LogP contribution in [0.4, 0.5) is 10.6 Å². The molecule has 0 radical (unpaired) electrons. The second-order valence-electron chi connectivity index (χ2n) is 9.86. The summed E-state index contributed by atoms with van der Waals surface area (Å²) in [7, 11) is 0. The molecule has 4 rings (SSSR count). The van der Waals surface area contributed by atoms with Gasteiger partial charge in [0.1, 0.15) is 11.4 Å². The summed E-state index contributed by atoms with van der Waals surface area (Å²) < 4.78 is 6.60. The first-order chi connectivity index (χ1) is 14.9. The smallest absolute Gasteiger partial charge is 0.405 e. The number of nitrogens with zero attached hydrogens (tertiary/aromatic N) is 3. The van der Waals surface area contributed by atoms with E-state index in [0.717, 1.165) is 44.3 Å². The summed E-state index contributed by atoms with van der Waals surface area (Å²) in [5, 5.41) is 3.45. The van der Waals surface area contributed by atoms with Crippen LogP contribution in [0.2, 0.25) is 0 Å². The highest BCUT2D eigenvalue weighted by Gasteiger charge is 2.30. The molecule has 0 spiro atoms. The molecule has 1 saturated heterocycles. The Morgan fingerprint density at radius 1 is 1.16 bits per heavy atom. The van der Waals surface area contributed by atoms with Crippen LogP contribution >= 0.6 is 11.3 Å². The second kappa shape index (κ2) is 9.74. The third-order valence-electron chi connectivity index (χ3n) is 7.01. The summed E-state index contributed by atoms with van der Waals surface area (Å²) in [4.78, 5) is 20.8. The number of amides is 1. The summed E-state index contributed by atoms with van der Waals surface area (Å²) in [6.45, 7) is 9.50. The van der Waals surface area contributed by atoms with Crippen molar-refractivity contribution in [3.05, 3.63) is 23.7 Å². The second-order valence-corrected chi connectivity index (χ2v) is 10.8. The van der Waals surface area contributed by atoms with E-state index in [2.05, 4.69) is 32.3 Å². The van der Waals surface area contributed by atoms with Crippen molar-refractivity contribution in [2.45, 2.75) is 58.0 Å². The maximum Gasteiger partial charge on any atom is 0.405 e. The lowest BCUT2D eigenvalue weighted by Crippen LogP contribution is -2.47. The Morgan fingerprint density at radius 3 is 2.58 bits per heavy atom. The lowest BCUT2D eigenvalue weighted by atomic mass is 9.76. The molecule has 0 atom stereocenters. The van der Waals surface area contributed by atoms with Crippen molar-refractivity contribution in [3.8, 4) is 0 Å². The third kappa shape index (κ3) is 5.89. The van der Waals surface area contributed by atoms with E-state index in [1.54, 1.807) is 11.3 Å². The van der Waals surface area contributed by atoms with Gasteiger partial charge in [0.2, 0.25) is 0 Å². The molecule has 31 heavy (non-hydrogen) atoms. The molecule has 2 fully saturated rings. The normalized spacial score (nSPS) is 23.2. The van der Waals surface area contributed by atoms with E-state index < -0.39 is 11.7 Å². The van der Waals surface area contributed by atoms with E-state index in [-0.39, 0.29) is 0 Å².